The summed E-state index contributed by atoms with van der Waals surface area (Å²) in [4.78, 5) is 12.0. The van der Waals surface area contributed by atoms with Gasteiger partial charge in [0.1, 0.15) is 18.0 Å². The van der Waals surface area contributed by atoms with Crippen molar-refractivity contribution in [3.63, 3.8) is 0 Å². The van der Waals surface area contributed by atoms with E-state index in [0.717, 1.165) is 12.1 Å². The minimum Gasteiger partial charge on any atom is -0.478 e. The highest BCUT2D eigenvalue weighted by Crippen LogP contribution is 2.47. The van der Waals surface area contributed by atoms with Crippen molar-refractivity contribution in [3.8, 4) is 0 Å². The van der Waals surface area contributed by atoms with Gasteiger partial charge in [-0.25, -0.2) is 17.6 Å². The van der Waals surface area contributed by atoms with Crippen LogP contribution in [0, 0.1) is 5.82 Å². The Balaban J connectivity index is 1.71. The summed E-state index contributed by atoms with van der Waals surface area (Å²) in [5.41, 5.74) is 0.432. The molecule has 11 heteroatoms. The zero-order chi connectivity index (χ0) is 22.6. The lowest BCUT2D eigenvalue weighted by molar-refractivity contribution is -0.153. The van der Waals surface area contributed by atoms with Crippen LogP contribution in [0.5, 0.6) is 0 Å². The van der Waals surface area contributed by atoms with Gasteiger partial charge in [-0.1, -0.05) is 11.6 Å². The Morgan fingerprint density at radius 3 is 2.39 bits per heavy atom. The molecule has 170 valence electrons. The van der Waals surface area contributed by atoms with Gasteiger partial charge in [-0.2, -0.15) is 0 Å². The van der Waals surface area contributed by atoms with E-state index in [4.69, 9.17) is 21.1 Å². The summed E-state index contributed by atoms with van der Waals surface area (Å²) < 4.78 is 52.1. The molecule has 1 spiro atoms. The summed E-state index contributed by atoms with van der Waals surface area (Å²) in [6, 6.07) is 2.31. The first-order valence-corrected chi connectivity index (χ1v) is 11.8. The van der Waals surface area contributed by atoms with Crippen molar-refractivity contribution in [1.29, 1.82) is 0 Å². The van der Waals surface area contributed by atoms with Crippen molar-refractivity contribution in [1.82, 2.24) is 0 Å². The summed E-state index contributed by atoms with van der Waals surface area (Å²) in [6.45, 7) is -0.891. The lowest BCUT2D eigenvalue weighted by Crippen LogP contribution is -2.41. The standard InChI is InChI=1S/C20H22ClFO8S/c21-13-6-11(22)5-10-1-2-17(18(10)13)31(27,28)16-3-4-20(7-12(16)19(25)26)29-14(8-23)15(9-24)30-20/h5-7,14-17,23-24H,1-4,8-9H2,(H,25,26)/t14-,15-,16+,17-/m0/s1. The molecule has 31 heavy (non-hydrogen) atoms. The quantitative estimate of drug-likeness (QED) is 0.583. The molecule has 3 aliphatic rings. The van der Waals surface area contributed by atoms with Gasteiger partial charge in [-0.05, 0) is 48.6 Å². The van der Waals surface area contributed by atoms with Crippen molar-refractivity contribution in [2.75, 3.05) is 13.2 Å². The van der Waals surface area contributed by atoms with Crippen molar-refractivity contribution < 1.29 is 42.4 Å². The first kappa shape index (κ1) is 22.6. The molecule has 4 atom stereocenters. The van der Waals surface area contributed by atoms with Crippen molar-refractivity contribution in [2.45, 2.75) is 54.2 Å². The molecule has 1 aliphatic heterocycles. The van der Waals surface area contributed by atoms with Crippen LogP contribution in [-0.2, 0) is 30.5 Å². The second-order valence-corrected chi connectivity index (χ2v) is 10.7. The van der Waals surface area contributed by atoms with Gasteiger partial charge >= 0.3 is 5.97 Å². The van der Waals surface area contributed by atoms with Gasteiger partial charge in [-0.3, -0.25) is 0 Å². The smallest absolute Gasteiger partial charge is 0.332 e. The number of aliphatic hydroxyl groups excluding tert-OH is 2. The molecule has 8 nitrogen and oxygen atoms in total. The summed E-state index contributed by atoms with van der Waals surface area (Å²) in [6.07, 6.45) is -0.163. The fourth-order valence-electron chi connectivity index (χ4n) is 4.78. The van der Waals surface area contributed by atoms with Crippen LogP contribution < -0.4 is 0 Å². The van der Waals surface area contributed by atoms with E-state index in [1.54, 1.807) is 0 Å². The first-order chi connectivity index (χ1) is 14.6. The zero-order valence-electron chi connectivity index (χ0n) is 16.3. The van der Waals surface area contributed by atoms with Crippen molar-refractivity contribution in [3.05, 3.63) is 45.7 Å². The monoisotopic (exact) mass is 476 g/mol. The van der Waals surface area contributed by atoms with Crippen LogP contribution in [0.15, 0.2) is 23.8 Å². The molecule has 4 rings (SSSR count). The van der Waals surface area contributed by atoms with E-state index < -0.39 is 68.9 Å². The second kappa shape index (κ2) is 8.09. The maximum Gasteiger partial charge on any atom is 0.332 e. The van der Waals surface area contributed by atoms with Crippen molar-refractivity contribution in [2.24, 2.45) is 0 Å². The van der Waals surface area contributed by atoms with E-state index >= 15 is 0 Å². The van der Waals surface area contributed by atoms with E-state index in [0.29, 0.717) is 17.5 Å². The van der Waals surface area contributed by atoms with Gasteiger partial charge in [0.05, 0.1) is 29.3 Å². The fraction of sp³-hybridized carbons (Fsp3) is 0.550. The number of hydrogen-bond acceptors (Lipinski definition) is 7. The molecule has 0 bridgehead atoms. The minimum atomic E-state index is -4.05. The molecule has 0 saturated carbocycles. The van der Waals surface area contributed by atoms with Crippen LogP contribution >= 0.6 is 11.6 Å². The van der Waals surface area contributed by atoms with Crippen LogP contribution in [0.3, 0.4) is 0 Å². The average Bonchev–Trinajstić information content (AvgIpc) is 3.29. The van der Waals surface area contributed by atoms with Gasteiger partial charge in [0, 0.05) is 11.4 Å². The number of hydrogen-bond donors (Lipinski definition) is 3. The third kappa shape index (κ3) is 3.79. The SMILES string of the molecule is O=C(O)C1=CC2(CC[C@H]1S(=O)(=O)[C@H]1CCc3cc(F)cc(Cl)c31)O[C@@H](CO)[C@H](CO)O2. The molecule has 0 radical (unpaired) electrons. The first-order valence-electron chi connectivity index (χ1n) is 9.86. The summed E-state index contributed by atoms with van der Waals surface area (Å²) in [5.74, 6) is -3.52. The molecule has 1 aromatic rings. The summed E-state index contributed by atoms with van der Waals surface area (Å²) >= 11 is 6.15. The van der Waals surface area contributed by atoms with E-state index in [9.17, 15) is 32.9 Å². The Morgan fingerprint density at radius 2 is 1.81 bits per heavy atom. The Morgan fingerprint density at radius 1 is 1.16 bits per heavy atom. The third-order valence-electron chi connectivity index (χ3n) is 6.17. The van der Waals surface area contributed by atoms with Crippen molar-refractivity contribution >= 4 is 27.4 Å². The predicted molar refractivity (Wildman–Crippen MR) is 107 cm³/mol. The number of aryl methyl sites for hydroxylation is 1. The van der Waals surface area contributed by atoms with Crippen LogP contribution in [0.2, 0.25) is 5.02 Å². The molecule has 0 unspecified atom stereocenters. The van der Waals surface area contributed by atoms with Gasteiger partial charge in [-0.15, -0.1) is 0 Å². The normalized spacial score (nSPS) is 29.7. The number of aliphatic carboxylic acids is 1. The van der Waals surface area contributed by atoms with Gasteiger partial charge in [0.15, 0.2) is 15.6 Å². The number of carbonyl (C=O) groups is 1. The molecule has 1 heterocycles. The van der Waals surface area contributed by atoms with E-state index in [1.807, 2.05) is 0 Å². The number of halogens is 2. The number of ether oxygens (including phenoxy) is 2. The number of fused-ring (bicyclic) bond motifs is 1. The van der Waals surface area contributed by atoms with Crippen LogP contribution in [0.4, 0.5) is 4.39 Å². The van der Waals surface area contributed by atoms with Gasteiger partial charge < -0.3 is 24.8 Å². The lowest BCUT2D eigenvalue weighted by Gasteiger charge is -2.34. The number of carboxylic acid groups (broad SMARTS) is 1. The fourth-order valence-corrected chi connectivity index (χ4v) is 7.62. The maximum atomic E-state index is 13.7. The molecule has 3 N–H and O–H groups in total. The molecule has 2 aliphatic carbocycles. The molecular weight excluding hydrogens is 455 g/mol. The van der Waals surface area contributed by atoms with E-state index in [1.165, 1.54) is 6.07 Å². The van der Waals surface area contributed by atoms with Crippen LogP contribution in [-0.4, -0.2) is 66.2 Å². The maximum absolute atomic E-state index is 13.7. The number of sulfone groups is 1. The van der Waals surface area contributed by atoms with Gasteiger partial charge in [0.2, 0.25) is 0 Å². The molecule has 1 saturated heterocycles. The minimum absolute atomic E-state index is 0.00763. The second-order valence-electron chi connectivity index (χ2n) is 8.00. The number of carboxylic acids is 1. The zero-order valence-corrected chi connectivity index (χ0v) is 17.9. The predicted octanol–water partition coefficient (Wildman–Crippen LogP) is 1.52. The number of rotatable bonds is 5. The number of aliphatic hydroxyl groups is 2. The molecular formula is C20H22ClFO8S. The highest BCUT2D eigenvalue weighted by atomic mass is 35.5. The Kier molecular flexibility index (Phi) is 5.91. The highest BCUT2D eigenvalue weighted by molar-refractivity contribution is 7.92. The highest BCUT2D eigenvalue weighted by Gasteiger charge is 2.52. The average molecular weight is 477 g/mol. The summed E-state index contributed by atoms with van der Waals surface area (Å²) in [5, 5.41) is 26.3. The molecule has 1 aromatic carbocycles. The van der Waals surface area contributed by atoms with Crippen LogP contribution in [0.1, 0.15) is 35.6 Å². The Labute approximate surface area is 183 Å². The third-order valence-corrected chi connectivity index (χ3v) is 9.03. The Bertz CT molecular complexity index is 1030. The van der Waals surface area contributed by atoms with E-state index in [2.05, 4.69) is 0 Å². The molecule has 0 amide bonds. The van der Waals surface area contributed by atoms with E-state index in [-0.39, 0.29) is 24.3 Å². The summed E-state index contributed by atoms with van der Waals surface area (Å²) in [7, 11) is -4.05. The molecule has 1 fully saturated rings. The van der Waals surface area contributed by atoms with Gasteiger partial charge in [0.25, 0.3) is 0 Å². The molecule has 0 aromatic heterocycles. The van der Waals surface area contributed by atoms with Crippen LogP contribution in [0.25, 0.3) is 0 Å². The largest absolute Gasteiger partial charge is 0.478 e. The number of benzene rings is 1. The lowest BCUT2D eigenvalue weighted by atomic mass is 9.94. The Hall–Kier alpha value is -1.56. The topological polar surface area (TPSA) is 130 Å².